The highest BCUT2D eigenvalue weighted by Crippen LogP contribution is 2.27. The molecule has 84 valence electrons. The molecule has 0 aromatic rings. The fourth-order valence-electron chi connectivity index (χ4n) is 2.55. The fourth-order valence-corrected chi connectivity index (χ4v) is 2.55. The molecule has 0 unspecified atom stereocenters. The number of hydrogen-bond donors (Lipinski definition) is 1. The maximum absolute atomic E-state index is 3.73. The van der Waals surface area contributed by atoms with Crippen LogP contribution in [0, 0.1) is 5.92 Å². The third kappa shape index (κ3) is 4.00. The molecular formula is C13H27N. The highest BCUT2D eigenvalue weighted by Gasteiger charge is 2.20. The summed E-state index contributed by atoms with van der Waals surface area (Å²) in [6.45, 7) is 6.88. The zero-order chi connectivity index (χ0) is 10.4. The van der Waals surface area contributed by atoms with E-state index in [2.05, 4.69) is 26.1 Å². The summed E-state index contributed by atoms with van der Waals surface area (Å²) in [6.07, 6.45) is 9.83. The quantitative estimate of drug-likeness (QED) is 0.708. The van der Waals surface area contributed by atoms with Crippen LogP contribution >= 0.6 is 0 Å². The summed E-state index contributed by atoms with van der Waals surface area (Å²) in [5.74, 6) is 1.04. The molecule has 0 aromatic heterocycles. The van der Waals surface area contributed by atoms with Crippen LogP contribution in [0.25, 0.3) is 0 Å². The number of nitrogens with one attached hydrogen (secondary N) is 1. The lowest BCUT2D eigenvalue weighted by Crippen LogP contribution is -2.38. The van der Waals surface area contributed by atoms with E-state index in [4.69, 9.17) is 0 Å². The van der Waals surface area contributed by atoms with E-state index in [-0.39, 0.29) is 0 Å². The molecule has 1 fully saturated rings. The summed E-state index contributed by atoms with van der Waals surface area (Å²) in [5.41, 5.74) is 0. The largest absolute Gasteiger partial charge is 0.312 e. The second-order valence-corrected chi connectivity index (χ2v) is 4.98. The Balaban J connectivity index is 2.15. The van der Waals surface area contributed by atoms with E-state index in [1.807, 2.05) is 0 Å². The normalized spacial score (nSPS) is 30.2. The van der Waals surface area contributed by atoms with Gasteiger partial charge in [-0.15, -0.1) is 0 Å². The van der Waals surface area contributed by atoms with Crippen molar-refractivity contribution >= 4 is 0 Å². The van der Waals surface area contributed by atoms with E-state index in [1.165, 1.54) is 44.9 Å². The summed E-state index contributed by atoms with van der Waals surface area (Å²) in [4.78, 5) is 0. The van der Waals surface area contributed by atoms with Gasteiger partial charge in [0.05, 0.1) is 0 Å². The summed E-state index contributed by atoms with van der Waals surface area (Å²) in [5, 5.41) is 3.73. The Morgan fingerprint density at radius 3 is 2.29 bits per heavy atom. The van der Waals surface area contributed by atoms with Crippen LogP contribution < -0.4 is 5.32 Å². The Morgan fingerprint density at radius 1 is 1.14 bits per heavy atom. The molecule has 0 aliphatic heterocycles. The van der Waals surface area contributed by atoms with E-state index < -0.39 is 0 Å². The summed E-state index contributed by atoms with van der Waals surface area (Å²) in [6, 6.07) is 1.53. The summed E-state index contributed by atoms with van der Waals surface area (Å²) >= 11 is 0. The van der Waals surface area contributed by atoms with Gasteiger partial charge in [-0.2, -0.15) is 0 Å². The van der Waals surface area contributed by atoms with Crippen molar-refractivity contribution in [2.75, 3.05) is 0 Å². The molecule has 1 rings (SSSR count). The summed E-state index contributed by atoms with van der Waals surface area (Å²) < 4.78 is 0. The molecule has 0 spiro atoms. The van der Waals surface area contributed by atoms with Crippen LogP contribution in [-0.4, -0.2) is 12.1 Å². The molecule has 0 aromatic carbocycles. The van der Waals surface area contributed by atoms with Gasteiger partial charge in [-0.05, 0) is 44.9 Å². The first-order chi connectivity index (χ1) is 6.76. The predicted molar refractivity (Wildman–Crippen MR) is 63.5 cm³/mol. The lowest BCUT2D eigenvalue weighted by Gasteiger charge is -2.31. The minimum absolute atomic E-state index is 0.711. The molecule has 0 heterocycles. The van der Waals surface area contributed by atoms with Crippen LogP contribution in [-0.2, 0) is 0 Å². The van der Waals surface area contributed by atoms with Crippen molar-refractivity contribution in [3.63, 3.8) is 0 Å². The number of hydrogen-bond acceptors (Lipinski definition) is 1. The van der Waals surface area contributed by atoms with Crippen molar-refractivity contribution in [3.05, 3.63) is 0 Å². The van der Waals surface area contributed by atoms with Crippen molar-refractivity contribution in [1.29, 1.82) is 0 Å². The van der Waals surface area contributed by atoms with Gasteiger partial charge in [0, 0.05) is 12.1 Å². The van der Waals surface area contributed by atoms with Crippen LogP contribution in [0.15, 0.2) is 0 Å². The Labute approximate surface area is 89.7 Å². The van der Waals surface area contributed by atoms with Crippen LogP contribution in [0.4, 0.5) is 0 Å². The van der Waals surface area contributed by atoms with E-state index >= 15 is 0 Å². The third-order valence-electron chi connectivity index (χ3n) is 3.68. The highest BCUT2D eigenvalue weighted by molar-refractivity contribution is 4.78. The standard InChI is InChI=1S/C13H27N/c1-4-6-12-7-9-13(10-8-12)14-11(3)5-2/h11-14H,4-10H2,1-3H3/t11-,12?,13?/m1/s1. The maximum atomic E-state index is 3.73. The molecule has 1 heteroatoms. The Bertz CT molecular complexity index is 136. The Kier molecular flexibility index (Phi) is 5.54. The fraction of sp³-hybridized carbons (Fsp3) is 1.00. The Hall–Kier alpha value is -0.0400. The molecule has 1 aliphatic rings. The highest BCUT2D eigenvalue weighted by atomic mass is 14.9. The van der Waals surface area contributed by atoms with E-state index in [0.29, 0.717) is 6.04 Å². The zero-order valence-corrected chi connectivity index (χ0v) is 10.2. The lowest BCUT2D eigenvalue weighted by atomic mass is 9.83. The third-order valence-corrected chi connectivity index (χ3v) is 3.68. The van der Waals surface area contributed by atoms with E-state index in [1.54, 1.807) is 0 Å². The number of rotatable bonds is 5. The first-order valence-corrected chi connectivity index (χ1v) is 6.52. The van der Waals surface area contributed by atoms with Gasteiger partial charge < -0.3 is 5.32 Å². The van der Waals surface area contributed by atoms with Crippen LogP contribution in [0.1, 0.15) is 65.7 Å². The van der Waals surface area contributed by atoms with Crippen molar-refractivity contribution < 1.29 is 0 Å². The van der Waals surface area contributed by atoms with Gasteiger partial charge >= 0.3 is 0 Å². The second kappa shape index (κ2) is 6.44. The molecule has 1 saturated carbocycles. The van der Waals surface area contributed by atoms with Gasteiger partial charge in [0.1, 0.15) is 0 Å². The maximum Gasteiger partial charge on any atom is 0.00697 e. The van der Waals surface area contributed by atoms with Gasteiger partial charge in [0.15, 0.2) is 0 Å². The van der Waals surface area contributed by atoms with Gasteiger partial charge in [-0.25, -0.2) is 0 Å². The molecule has 0 radical (unpaired) electrons. The van der Waals surface area contributed by atoms with E-state index in [0.717, 1.165) is 12.0 Å². The molecule has 1 aliphatic carbocycles. The second-order valence-electron chi connectivity index (χ2n) is 4.98. The van der Waals surface area contributed by atoms with Crippen LogP contribution in [0.3, 0.4) is 0 Å². The molecule has 1 N–H and O–H groups in total. The molecule has 0 amide bonds. The average molecular weight is 197 g/mol. The molecule has 0 saturated heterocycles. The van der Waals surface area contributed by atoms with Gasteiger partial charge in [0.2, 0.25) is 0 Å². The van der Waals surface area contributed by atoms with Crippen molar-refractivity contribution in [2.24, 2.45) is 5.92 Å². The molecular weight excluding hydrogens is 170 g/mol. The van der Waals surface area contributed by atoms with Gasteiger partial charge in [-0.3, -0.25) is 0 Å². The molecule has 1 nitrogen and oxygen atoms in total. The van der Waals surface area contributed by atoms with Gasteiger partial charge in [-0.1, -0.05) is 26.7 Å². The lowest BCUT2D eigenvalue weighted by molar-refractivity contribution is 0.264. The molecule has 1 atom stereocenters. The van der Waals surface area contributed by atoms with Gasteiger partial charge in [0.25, 0.3) is 0 Å². The summed E-state index contributed by atoms with van der Waals surface area (Å²) in [7, 11) is 0. The van der Waals surface area contributed by atoms with Crippen molar-refractivity contribution in [1.82, 2.24) is 5.32 Å². The Morgan fingerprint density at radius 2 is 1.79 bits per heavy atom. The molecule has 0 bridgehead atoms. The minimum Gasteiger partial charge on any atom is -0.312 e. The van der Waals surface area contributed by atoms with Crippen molar-refractivity contribution in [2.45, 2.75) is 77.8 Å². The first kappa shape index (κ1) is 12.0. The smallest absolute Gasteiger partial charge is 0.00697 e. The first-order valence-electron chi connectivity index (χ1n) is 6.52. The van der Waals surface area contributed by atoms with Crippen LogP contribution in [0.2, 0.25) is 0 Å². The topological polar surface area (TPSA) is 12.0 Å². The predicted octanol–water partition coefficient (Wildman–Crippen LogP) is 3.73. The van der Waals surface area contributed by atoms with Crippen molar-refractivity contribution in [3.8, 4) is 0 Å². The SMILES string of the molecule is CCCC1CCC(N[C@H](C)CC)CC1. The van der Waals surface area contributed by atoms with E-state index in [9.17, 15) is 0 Å². The molecule has 14 heavy (non-hydrogen) atoms. The monoisotopic (exact) mass is 197 g/mol. The zero-order valence-electron chi connectivity index (χ0n) is 10.2. The van der Waals surface area contributed by atoms with Crippen LogP contribution in [0.5, 0.6) is 0 Å². The minimum atomic E-state index is 0.711. The average Bonchev–Trinajstić information content (AvgIpc) is 2.21.